The Kier molecular flexibility index (Phi) is 2.93. The van der Waals surface area contributed by atoms with Gasteiger partial charge in [0.15, 0.2) is 0 Å². The zero-order valence-electron chi connectivity index (χ0n) is 10.9. The standard InChI is InChI=1S/C13H9ClN4O2S2/c14-8-1-2-9-10(5-8)15-6-11(9)22(19,20)17-13-16-7-12-18(13)3-4-21-12/h1-7,15H,(H,16,17). The lowest BCUT2D eigenvalue weighted by molar-refractivity contribution is 0.601. The van der Waals surface area contributed by atoms with E-state index >= 15 is 0 Å². The van der Waals surface area contributed by atoms with E-state index in [9.17, 15) is 8.42 Å². The van der Waals surface area contributed by atoms with Crippen LogP contribution in [-0.4, -0.2) is 22.8 Å². The first-order valence-electron chi connectivity index (χ1n) is 6.25. The van der Waals surface area contributed by atoms with Gasteiger partial charge in [0, 0.05) is 33.7 Å². The molecule has 0 unspecified atom stereocenters. The summed E-state index contributed by atoms with van der Waals surface area (Å²) in [5, 5.41) is 2.98. The number of hydrogen-bond acceptors (Lipinski definition) is 4. The molecule has 4 aromatic rings. The predicted octanol–water partition coefficient (Wildman–Crippen LogP) is 3.33. The third kappa shape index (κ3) is 2.07. The van der Waals surface area contributed by atoms with Gasteiger partial charge in [-0.25, -0.2) is 18.1 Å². The summed E-state index contributed by atoms with van der Waals surface area (Å²) in [4.78, 5) is 8.04. The SMILES string of the molecule is O=S(=O)(Nc1ncc2sccn12)c1c[nH]c2cc(Cl)ccc12. The van der Waals surface area contributed by atoms with Crippen LogP contribution in [0, 0.1) is 0 Å². The van der Waals surface area contributed by atoms with Gasteiger partial charge in [-0.3, -0.25) is 4.40 Å². The fraction of sp³-hybridized carbons (Fsp3) is 0. The third-order valence-electron chi connectivity index (χ3n) is 3.28. The van der Waals surface area contributed by atoms with Gasteiger partial charge in [-0.1, -0.05) is 11.6 Å². The Bertz CT molecular complexity index is 1090. The number of nitrogens with zero attached hydrogens (tertiary/aromatic N) is 2. The number of fused-ring (bicyclic) bond motifs is 2. The average molecular weight is 353 g/mol. The first-order chi connectivity index (χ1) is 10.5. The second-order valence-electron chi connectivity index (χ2n) is 4.64. The van der Waals surface area contributed by atoms with E-state index in [1.54, 1.807) is 35.0 Å². The fourth-order valence-electron chi connectivity index (χ4n) is 2.28. The molecule has 0 bridgehead atoms. The highest BCUT2D eigenvalue weighted by atomic mass is 35.5. The molecule has 4 rings (SSSR count). The van der Waals surface area contributed by atoms with Crippen molar-refractivity contribution in [3.05, 3.63) is 47.2 Å². The summed E-state index contributed by atoms with van der Waals surface area (Å²) in [6.45, 7) is 0. The van der Waals surface area contributed by atoms with Gasteiger partial charge in [-0.2, -0.15) is 0 Å². The lowest BCUT2D eigenvalue weighted by Gasteiger charge is -2.05. The van der Waals surface area contributed by atoms with Gasteiger partial charge in [0.05, 0.1) is 6.20 Å². The minimum Gasteiger partial charge on any atom is -0.360 e. The molecular weight excluding hydrogens is 344 g/mol. The Morgan fingerprint density at radius 2 is 2.23 bits per heavy atom. The summed E-state index contributed by atoms with van der Waals surface area (Å²) in [5.74, 6) is 0.263. The number of aromatic amines is 1. The summed E-state index contributed by atoms with van der Waals surface area (Å²) in [5.41, 5.74) is 0.664. The van der Waals surface area contributed by atoms with Crippen molar-refractivity contribution in [1.82, 2.24) is 14.4 Å². The van der Waals surface area contributed by atoms with E-state index in [0.717, 1.165) is 4.83 Å². The molecule has 22 heavy (non-hydrogen) atoms. The van der Waals surface area contributed by atoms with Crippen LogP contribution in [0.2, 0.25) is 5.02 Å². The summed E-state index contributed by atoms with van der Waals surface area (Å²) >= 11 is 7.39. The van der Waals surface area contributed by atoms with Crippen molar-refractivity contribution in [2.75, 3.05) is 4.72 Å². The van der Waals surface area contributed by atoms with Crippen LogP contribution in [0.15, 0.2) is 47.1 Å². The number of benzene rings is 1. The maximum atomic E-state index is 12.6. The van der Waals surface area contributed by atoms with Gasteiger partial charge in [-0.05, 0) is 18.2 Å². The highest BCUT2D eigenvalue weighted by molar-refractivity contribution is 7.93. The molecule has 0 radical (unpaired) electrons. The summed E-state index contributed by atoms with van der Waals surface area (Å²) in [6, 6.07) is 5.01. The molecule has 0 atom stereocenters. The van der Waals surface area contributed by atoms with Crippen LogP contribution in [-0.2, 0) is 10.0 Å². The van der Waals surface area contributed by atoms with Crippen LogP contribution in [0.25, 0.3) is 15.7 Å². The smallest absolute Gasteiger partial charge is 0.266 e. The normalized spacial score (nSPS) is 12.2. The van der Waals surface area contributed by atoms with E-state index in [-0.39, 0.29) is 10.8 Å². The number of rotatable bonds is 3. The average Bonchev–Trinajstić information content (AvgIpc) is 3.14. The molecule has 0 fully saturated rings. The maximum absolute atomic E-state index is 12.6. The maximum Gasteiger partial charge on any atom is 0.266 e. The quantitative estimate of drug-likeness (QED) is 0.593. The predicted molar refractivity (Wildman–Crippen MR) is 87.2 cm³/mol. The fourth-order valence-corrected chi connectivity index (χ4v) is 4.33. The zero-order valence-corrected chi connectivity index (χ0v) is 13.3. The molecule has 3 heterocycles. The van der Waals surface area contributed by atoms with Crippen LogP contribution in [0.4, 0.5) is 5.95 Å². The first-order valence-corrected chi connectivity index (χ1v) is 8.99. The number of thiazole rings is 1. The van der Waals surface area contributed by atoms with Crippen molar-refractivity contribution in [1.29, 1.82) is 0 Å². The van der Waals surface area contributed by atoms with Crippen LogP contribution >= 0.6 is 22.9 Å². The summed E-state index contributed by atoms with van der Waals surface area (Å²) in [6.07, 6.45) is 4.83. The van der Waals surface area contributed by atoms with Crippen LogP contribution in [0.3, 0.4) is 0 Å². The van der Waals surface area contributed by atoms with Crippen molar-refractivity contribution in [3.63, 3.8) is 0 Å². The number of nitrogens with one attached hydrogen (secondary N) is 2. The number of halogens is 1. The lowest BCUT2D eigenvalue weighted by Crippen LogP contribution is -2.14. The van der Waals surface area contributed by atoms with Crippen LogP contribution in [0.1, 0.15) is 0 Å². The van der Waals surface area contributed by atoms with E-state index in [0.29, 0.717) is 15.9 Å². The molecule has 1 aromatic carbocycles. The van der Waals surface area contributed by atoms with Crippen LogP contribution < -0.4 is 4.72 Å². The van der Waals surface area contributed by atoms with Gasteiger partial charge in [0.2, 0.25) is 5.95 Å². The summed E-state index contributed by atoms with van der Waals surface area (Å²) < 4.78 is 29.4. The number of H-pyrrole nitrogens is 1. The lowest BCUT2D eigenvalue weighted by atomic mass is 10.2. The molecular formula is C13H9ClN4O2S2. The minimum absolute atomic E-state index is 0.158. The highest BCUT2D eigenvalue weighted by Crippen LogP contribution is 2.27. The van der Waals surface area contributed by atoms with E-state index in [4.69, 9.17) is 11.6 Å². The molecule has 0 saturated heterocycles. The first kappa shape index (κ1) is 13.6. The van der Waals surface area contributed by atoms with Crippen LogP contribution in [0.5, 0.6) is 0 Å². The molecule has 2 N–H and O–H groups in total. The van der Waals surface area contributed by atoms with Gasteiger partial charge >= 0.3 is 0 Å². The molecule has 0 saturated carbocycles. The van der Waals surface area contributed by atoms with Crippen molar-refractivity contribution in [3.8, 4) is 0 Å². The van der Waals surface area contributed by atoms with Crippen molar-refractivity contribution >= 4 is 54.6 Å². The number of sulfonamides is 1. The highest BCUT2D eigenvalue weighted by Gasteiger charge is 2.21. The molecule has 0 aliphatic heterocycles. The Morgan fingerprint density at radius 1 is 1.36 bits per heavy atom. The Morgan fingerprint density at radius 3 is 3.09 bits per heavy atom. The number of aromatic nitrogens is 3. The molecule has 112 valence electrons. The third-order valence-corrected chi connectivity index (χ3v) is 5.69. The molecule has 0 aliphatic carbocycles. The largest absolute Gasteiger partial charge is 0.360 e. The second kappa shape index (κ2) is 4.73. The Labute approximate surface area is 134 Å². The minimum atomic E-state index is -3.75. The second-order valence-corrected chi connectivity index (χ2v) is 7.65. The van der Waals surface area contributed by atoms with Gasteiger partial charge in [-0.15, -0.1) is 11.3 Å². The number of imidazole rings is 1. The van der Waals surface area contributed by atoms with Crippen molar-refractivity contribution in [2.45, 2.75) is 4.90 Å². The number of hydrogen-bond donors (Lipinski definition) is 2. The molecule has 6 nitrogen and oxygen atoms in total. The molecule has 9 heteroatoms. The van der Waals surface area contributed by atoms with E-state index in [1.807, 2.05) is 5.38 Å². The van der Waals surface area contributed by atoms with E-state index in [2.05, 4.69) is 14.7 Å². The van der Waals surface area contributed by atoms with Gasteiger partial charge in [0.25, 0.3) is 10.0 Å². The summed E-state index contributed by atoms with van der Waals surface area (Å²) in [7, 11) is -3.75. The van der Waals surface area contributed by atoms with Crippen molar-refractivity contribution < 1.29 is 8.42 Å². The molecule has 0 aliphatic rings. The Hall–Kier alpha value is -2.03. The van der Waals surface area contributed by atoms with E-state index < -0.39 is 10.0 Å². The van der Waals surface area contributed by atoms with Crippen molar-refractivity contribution in [2.24, 2.45) is 0 Å². The topological polar surface area (TPSA) is 79.3 Å². The monoisotopic (exact) mass is 352 g/mol. The molecule has 3 aromatic heterocycles. The Balaban J connectivity index is 1.81. The van der Waals surface area contributed by atoms with E-state index in [1.165, 1.54) is 17.5 Å². The molecule has 0 amide bonds. The zero-order chi connectivity index (χ0) is 15.3. The van der Waals surface area contributed by atoms with Gasteiger partial charge < -0.3 is 4.98 Å². The molecule has 0 spiro atoms. The number of anilines is 1. The van der Waals surface area contributed by atoms with Gasteiger partial charge in [0.1, 0.15) is 9.73 Å².